The van der Waals surface area contributed by atoms with Gasteiger partial charge in [0.25, 0.3) is 0 Å². The van der Waals surface area contributed by atoms with Crippen molar-refractivity contribution in [3.8, 4) is 11.5 Å². The lowest BCUT2D eigenvalue weighted by atomic mass is 10.1. The number of fused-ring (bicyclic) bond motifs is 1. The maximum atomic E-state index is 11.9. The largest absolute Gasteiger partial charge is 0.493 e. The van der Waals surface area contributed by atoms with Gasteiger partial charge in [0.1, 0.15) is 6.04 Å². The Morgan fingerprint density at radius 1 is 1.11 bits per heavy atom. The molecule has 1 amide bonds. The first kappa shape index (κ1) is 11.2. The van der Waals surface area contributed by atoms with Crippen molar-refractivity contribution in [2.75, 3.05) is 24.9 Å². The Labute approximate surface area is 105 Å². The molecule has 1 fully saturated rings. The molecule has 1 aromatic carbocycles. The molecule has 3 rings (SSSR count). The fraction of sp³-hybridized carbons (Fsp3) is 0.462. The quantitative estimate of drug-likeness (QED) is 0.857. The Hall–Kier alpha value is -1.91. The van der Waals surface area contributed by atoms with Crippen molar-refractivity contribution in [3.63, 3.8) is 0 Å². The zero-order chi connectivity index (χ0) is 12.7. The van der Waals surface area contributed by atoms with E-state index in [2.05, 4.69) is 10.6 Å². The standard InChI is InChI=1S/C13H16N2O3/c1-17-10-5-8-9(6-11(10)18-2)15-13(16)12(14-8)7-3-4-7/h5-7,12,14H,3-4H2,1-2H3,(H,15,16). The first-order valence-electron chi connectivity index (χ1n) is 6.06. The number of methoxy groups -OCH3 is 2. The Balaban J connectivity index is 1.96. The summed E-state index contributed by atoms with van der Waals surface area (Å²) >= 11 is 0. The van der Waals surface area contributed by atoms with Crippen molar-refractivity contribution >= 4 is 17.3 Å². The van der Waals surface area contributed by atoms with Crippen LogP contribution in [-0.4, -0.2) is 26.2 Å². The van der Waals surface area contributed by atoms with Gasteiger partial charge in [0, 0.05) is 12.1 Å². The fourth-order valence-corrected chi connectivity index (χ4v) is 2.31. The number of hydrogen-bond donors (Lipinski definition) is 2. The molecule has 96 valence electrons. The van der Waals surface area contributed by atoms with Gasteiger partial charge in [0.15, 0.2) is 11.5 Å². The van der Waals surface area contributed by atoms with Crippen LogP contribution in [-0.2, 0) is 4.79 Å². The molecule has 1 aliphatic carbocycles. The SMILES string of the molecule is COc1cc2c(cc1OC)NC(C1CC1)C(=O)N2. The molecule has 1 atom stereocenters. The maximum Gasteiger partial charge on any atom is 0.247 e. The Kier molecular flexibility index (Phi) is 2.54. The number of carbonyl (C=O) groups excluding carboxylic acids is 1. The van der Waals surface area contributed by atoms with Gasteiger partial charge in [-0.2, -0.15) is 0 Å². The number of hydrogen-bond acceptors (Lipinski definition) is 4. The number of rotatable bonds is 3. The summed E-state index contributed by atoms with van der Waals surface area (Å²) in [5.74, 6) is 1.78. The molecule has 0 spiro atoms. The Morgan fingerprint density at radius 2 is 1.72 bits per heavy atom. The van der Waals surface area contributed by atoms with E-state index in [4.69, 9.17) is 9.47 Å². The number of ether oxygens (including phenoxy) is 2. The minimum Gasteiger partial charge on any atom is -0.493 e. The molecule has 1 aromatic rings. The summed E-state index contributed by atoms with van der Waals surface area (Å²) in [4.78, 5) is 11.9. The number of carbonyl (C=O) groups is 1. The van der Waals surface area contributed by atoms with Crippen LogP contribution >= 0.6 is 0 Å². The summed E-state index contributed by atoms with van der Waals surface area (Å²) in [5, 5.41) is 6.21. The van der Waals surface area contributed by atoms with Gasteiger partial charge in [-0.1, -0.05) is 0 Å². The third kappa shape index (κ3) is 1.75. The lowest BCUT2D eigenvalue weighted by Gasteiger charge is -2.27. The van der Waals surface area contributed by atoms with E-state index in [-0.39, 0.29) is 11.9 Å². The predicted octanol–water partition coefficient (Wildman–Crippen LogP) is 1.85. The van der Waals surface area contributed by atoms with Crippen molar-refractivity contribution in [2.24, 2.45) is 5.92 Å². The number of nitrogens with one attached hydrogen (secondary N) is 2. The average Bonchev–Trinajstić information content (AvgIpc) is 3.20. The first-order valence-corrected chi connectivity index (χ1v) is 6.06. The van der Waals surface area contributed by atoms with Gasteiger partial charge in [-0.05, 0) is 18.8 Å². The van der Waals surface area contributed by atoms with Crippen LogP contribution < -0.4 is 20.1 Å². The second-order valence-corrected chi connectivity index (χ2v) is 4.70. The highest BCUT2D eigenvalue weighted by molar-refractivity contribution is 6.04. The molecular weight excluding hydrogens is 232 g/mol. The number of anilines is 2. The molecule has 0 saturated heterocycles. The van der Waals surface area contributed by atoms with E-state index in [1.165, 1.54) is 0 Å². The summed E-state index contributed by atoms with van der Waals surface area (Å²) in [7, 11) is 3.18. The summed E-state index contributed by atoms with van der Waals surface area (Å²) in [6.45, 7) is 0. The molecule has 5 heteroatoms. The topological polar surface area (TPSA) is 59.6 Å². The summed E-state index contributed by atoms with van der Waals surface area (Å²) in [6, 6.07) is 3.53. The normalized spacial score (nSPS) is 21.7. The Bertz CT molecular complexity index is 497. The molecule has 1 unspecified atom stereocenters. The van der Waals surface area contributed by atoms with Crippen LogP contribution in [0, 0.1) is 5.92 Å². The Morgan fingerprint density at radius 3 is 2.28 bits per heavy atom. The van der Waals surface area contributed by atoms with Crippen LogP contribution in [0.15, 0.2) is 12.1 Å². The van der Waals surface area contributed by atoms with Gasteiger partial charge >= 0.3 is 0 Å². The van der Waals surface area contributed by atoms with Crippen molar-refractivity contribution in [1.82, 2.24) is 0 Å². The molecule has 0 radical (unpaired) electrons. The van der Waals surface area contributed by atoms with Gasteiger partial charge in [0.05, 0.1) is 25.6 Å². The molecular formula is C13H16N2O3. The minimum atomic E-state index is -0.115. The van der Waals surface area contributed by atoms with Crippen molar-refractivity contribution in [2.45, 2.75) is 18.9 Å². The zero-order valence-corrected chi connectivity index (χ0v) is 10.4. The molecule has 0 bridgehead atoms. The highest BCUT2D eigenvalue weighted by Crippen LogP contribution is 2.42. The second kappa shape index (κ2) is 4.08. The third-order valence-corrected chi connectivity index (χ3v) is 3.47. The minimum absolute atomic E-state index is 0.0391. The van der Waals surface area contributed by atoms with Gasteiger partial charge in [-0.25, -0.2) is 0 Å². The smallest absolute Gasteiger partial charge is 0.247 e. The summed E-state index contributed by atoms with van der Waals surface area (Å²) in [6.07, 6.45) is 2.24. The zero-order valence-electron chi connectivity index (χ0n) is 10.4. The molecule has 1 saturated carbocycles. The van der Waals surface area contributed by atoms with Gasteiger partial charge in [-0.15, -0.1) is 0 Å². The summed E-state index contributed by atoms with van der Waals surface area (Å²) in [5.41, 5.74) is 1.64. The first-order chi connectivity index (χ1) is 8.72. The van der Waals surface area contributed by atoms with Gasteiger partial charge in [-0.3, -0.25) is 4.79 Å². The van der Waals surface area contributed by atoms with E-state index in [9.17, 15) is 4.79 Å². The number of benzene rings is 1. The van der Waals surface area contributed by atoms with E-state index in [0.717, 1.165) is 24.2 Å². The second-order valence-electron chi connectivity index (χ2n) is 4.70. The highest BCUT2D eigenvalue weighted by Gasteiger charge is 2.39. The van der Waals surface area contributed by atoms with E-state index >= 15 is 0 Å². The number of amides is 1. The third-order valence-electron chi connectivity index (χ3n) is 3.47. The molecule has 18 heavy (non-hydrogen) atoms. The molecule has 1 heterocycles. The van der Waals surface area contributed by atoms with Crippen molar-refractivity contribution < 1.29 is 14.3 Å². The summed E-state index contributed by atoms with van der Waals surface area (Å²) < 4.78 is 10.5. The van der Waals surface area contributed by atoms with Crippen LogP contribution in [0.1, 0.15) is 12.8 Å². The van der Waals surface area contributed by atoms with Gasteiger partial charge < -0.3 is 20.1 Å². The molecule has 5 nitrogen and oxygen atoms in total. The highest BCUT2D eigenvalue weighted by atomic mass is 16.5. The van der Waals surface area contributed by atoms with Gasteiger partial charge in [0.2, 0.25) is 5.91 Å². The van der Waals surface area contributed by atoms with Crippen LogP contribution in [0.25, 0.3) is 0 Å². The van der Waals surface area contributed by atoms with E-state index in [0.29, 0.717) is 17.4 Å². The molecule has 1 aliphatic heterocycles. The monoisotopic (exact) mass is 248 g/mol. The van der Waals surface area contributed by atoms with Crippen LogP contribution in [0.5, 0.6) is 11.5 Å². The van der Waals surface area contributed by atoms with E-state index < -0.39 is 0 Å². The van der Waals surface area contributed by atoms with Crippen LogP contribution in [0.4, 0.5) is 11.4 Å². The lowest BCUT2D eigenvalue weighted by Crippen LogP contribution is -2.40. The van der Waals surface area contributed by atoms with Crippen molar-refractivity contribution in [1.29, 1.82) is 0 Å². The molecule has 2 N–H and O–H groups in total. The lowest BCUT2D eigenvalue weighted by molar-refractivity contribution is -0.117. The van der Waals surface area contributed by atoms with E-state index in [1.54, 1.807) is 20.3 Å². The predicted molar refractivity (Wildman–Crippen MR) is 68.3 cm³/mol. The van der Waals surface area contributed by atoms with Crippen LogP contribution in [0.3, 0.4) is 0 Å². The van der Waals surface area contributed by atoms with Crippen LogP contribution in [0.2, 0.25) is 0 Å². The fourth-order valence-electron chi connectivity index (χ4n) is 2.31. The maximum absolute atomic E-state index is 11.9. The molecule has 0 aromatic heterocycles. The van der Waals surface area contributed by atoms with Crippen molar-refractivity contribution in [3.05, 3.63) is 12.1 Å². The molecule has 2 aliphatic rings. The van der Waals surface area contributed by atoms with E-state index in [1.807, 2.05) is 6.07 Å². The average molecular weight is 248 g/mol.